The SMILES string of the molecule is CC(=O)NC(C(=O)NC(C)(C)C(C)O)C(C)C. The lowest BCUT2D eigenvalue weighted by atomic mass is 9.96. The summed E-state index contributed by atoms with van der Waals surface area (Å²) in [7, 11) is 0. The highest BCUT2D eigenvalue weighted by molar-refractivity contribution is 5.87. The van der Waals surface area contributed by atoms with E-state index >= 15 is 0 Å². The molecule has 100 valence electrons. The number of carbonyl (C=O) groups is 2. The summed E-state index contributed by atoms with van der Waals surface area (Å²) in [5, 5.41) is 14.9. The third kappa shape index (κ3) is 5.17. The molecule has 5 nitrogen and oxygen atoms in total. The molecule has 0 aromatic heterocycles. The van der Waals surface area contributed by atoms with Crippen molar-refractivity contribution in [3.8, 4) is 0 Å². The van der Waals surface area contributed by atoms with Crippen LogP contribution in [0.4, 0.5) is 0 Å². The van der Waals surface area contributed by atoms with Crippen molar-refractivity contribution in [2.45, 2.75) is 59.2 Å². The first-order chi connectivity index (χ1) is 7.58. The van der Waals surface area contributed by atoms with Crippen molar-refractivity contribution in [1.82, 2.24) is 10.6 Å². The Labute approximate surface area is 103 Å². The number of carbonyl (C=O) groups excluding carboxylic acids is 2. The molecule has 0 aliphatic heterocycles. The molecule has 2 unspecified atom stereocenters. The average Bonchev–Trinajstić information content (AvgIpc) is 2.12. The zero-order chi connectivity index (χ0) is 13.8. The van der Waals surface area contributed by atoms with Crippen LogP contribution in [0.15, 0.2) is 0 Å². The van der Waals surface area contributed by atoms with Gasteiger partial charge >= 0.3 is 0 Å². The molecule has 2 amide bonds. The maximum absolute atomic E-state index is 12.0. The number of rotatable bonds is 5. The minimum absolute atomic E-state index is 0.0105. The lowest BCUT2D eigenvalue weighted by Crippen LogP contribution is -2.58. The van der Waals surface area contributed by atoms with Crippen LogP contribution in [-0.2, 0) is 9.59 Å². The second-order valence-corrected chi connectivity index (χ2v) is 5.31. The molecule has 0 fully saturated rings. The average molecular weight is 244 g/mol. The van der Waals surface area contributed by atoms with E-state index in [1.165, 1.54) is 6.92 Å². The standard InChI is InChI=1S/C12H24N2O3/c1-7(2)10(13-9(4)16)11(17)14-12(5,6)8(3)15/h7-8,10,15H,1-6H3,(H,13,16)(H,14,17). The largest absolute Gasteiger partial charge is 0.391 e. The van der Waals surface area contributed by atoms with Crippen molar-refractivity contribution in [3.05, 3.63) is 0 Å². The van der Waals surface area contributed by atoms with E-state index < -0.39 is 17.7 Å². The highest BCUT2D eigenvalue weighted by Gasteiger charge is 2.31. The van der Waals surface area contributed by atoms with E-state index in [0.717, 1.165) is 0 Å². The number of nitrogens with one attached hydrogen (secondary N) is 2. The summed E-state index contributed by atoms with van der Waals surface area (Å²) in [6.07, 6.45) is -0.670. The van der Waals surface area contributed by atoms with Crippen molar-refractivity contribution in [2.75, 3.05) is 0 Å². The van der Waals surface area contributed by atoms with E-state index in [1.54, 1.807) is 20.8 Å². The molecule has 0 saturated carbocycles. The minimum atomic E-state index is -0.720. The molecule has 0 bridgehead atoms. The number of hydrogen-bond acceptors (Lipinski definition) is 3. The monoisotopic (exact) mass is 244 g/mol. The van der Waals surface area contributed by atoms with Gasteiger partial charge in [-0.2, -0.15) is 0 Å². The summed E-state index contributed by atoms with van der Waals surface area (Å²) in [6, 6.07) is -0.578. The van der Waals surface area contributed by atoms with Gasteiger partial charge in [0.1, 0.15) is 6.04 Å². The van der Waals surface area contributed by atoms with Crippen LogP contribution >= 0.6 is 0 Å². The molecule has 0 rings (SSSR count). The van der Waals surface area contributed by atoms with Crippen LogP contribution in [0.1, 0.15) is 41.5 Å². The summed E-state index contributed by atoms with van der Waals surface area (Å²) in [6.45, 7) is 10.2. The van der Waals surface area contributed by atoms with Gasteiger partial charge in [0.25, 0.3) is 0 Å². The van der Waals surface area contributed by atoms with Gasteiger partial charge in [0.05, 0.1) is 11.6 Å². The van der Waals surface area contributed by atoms with Crippen LogP contribution in [0.3, 0.4) is 0 Å². The fraction of sp³-hybridized carbons (Fsp3) is 0.833. The lowest BCUT2D eigenvalue weighted by molar-refractivity contribution is -0.131. The number of aliphatic hydroxyl groups is 1. The Balaban J connectivity index is 4.70. The Morgan fingerprint density at radius 1 is 1.18 bits per heavy atom. The van der Waals surface area contributed by atoms with Gasteiger partial charge in [0.15, 0.2) is 0 Å². The molecule has 3 N–H and O–H groups in total. The van der Waals surface area contributed by atoms with Gasteiger partial charge in [-0.1, -0.05) is 13.8 Å². The molecule has 0 heterocycles. The Morgan fingerprint density at radius 2 is 1.65 bits per heavy atom. The number of aliphatic hydroxyl groups excluding tert-OH is 1. The predicted octanol–water partition coefficient (Wildman–Crippen LogP) is 0.423. The molecule has 5 heteroatoms. The zero-order valence-electron chi connectivity index (χ0n) is 11.5. The van der Waals surface area contributed by atoms with Crippen molar-refractivity contribution in [3.63, 3.8) is 0 Å². The predicted molar refractivity (Wildman–Crippen MR) is 66.3 cm³/mol. The van der Waals surface area contributed by atoms with Gasteiger partial charge in [-0.3, -0.25) is 9.59 Å². The summed E-state index contributed by atoms with van der Waals surface area (Å²) in [4.78, 5) is 23.0. The summed E-state index contributed by atoms with van der Waals surface area (Å²) >= 11 is 0. The second kappa shape index (κ2) is 6.00. The second-order valence-electron chi connectivity index (χ2n) is 5.31. The lowest BCUT2D eigenvalue weighted by Gasteiger charge is -2.32. The normalized spacial score (nSPS) is 15.3. The first-order valence-electron chi connectivity index (χ1n) is 5.85. The van der Waals surface area contributed by atoms with Crippen LogP contribution in [0.2, 0.25) is 0 Å². The summed E-state index contributed by atoms with van der Waals surface area (Å²) in [5.74, 6) is -0.529. The maximum atomic E-state index is 12.0. The quantitative estimate of drug-likeness (QED) is 0.656. The first-order valence-corrected chi connectivity index (χ1v) is 5.85. The minimum Gasteiger partial charge on any atom is -0.391 e. The van der Waals surface area contributed by atoms with E-state index in [0.29, 0.717) is 0 Å². The Kier molecular flexibility index (Phi) is 5.61. The van der Waals surface area contributed by atoms with E-state index in [1.807, 2.05) is 13.8 Å². The summed E-state index contributed by atoms with van der Waals surface area (Å²) in [5.41, 5.74) is -0.720. The molecule has 0 aromatic carbocycles. The van der Waals surface area contributed by atoms with Crippen LogP contribution < -0.4 is 10.6 Å². The van der Waals surface area contributed by atoms with E-state index in [-0.39, 0.29) is 17.7 Å². The van der Waals surface area contributed by atoms with E-state index in [2.05, 4.69) is 10.6 Å². The molecule has 2 atom stereocenters. The first kappa shape index (κ1) is 15.9. The van der Waals surface area contributed by atoms with Gasteiger partial charge in [0, 0.05) is 6.92 Å². The smallest absolute Gasteiger partial charge is 0.243 e. The highest BCUT2D eigenvalue weighted by atomic mass is 16.3. The molecule has 0 saturated heterocycles. The molecule has 0 aliphatic carbocycles. The van der Waals surface area contributed by atoms with Crippen molar-refractivity contribution >= 4 is 11.8 Å². The topological polar surface area (TPSA) is 78.4 Å². The van der Waals surface area contributed by atoms with Crippen molar-refractivity contribution in [2.24, 2.45) is 5.92 Å². The highest BCUT2D eigenvalue weighted by Crippen LogP contribution is 2.10. The Hall–Kier alpha value is -1.10. The zero-order valence-corrected chi connectivity index (χ0v) is 11.5. The molecule has 0 spiro atoms. The molecule has 0 radical (unpaired) electrons. The van der Waals surface area contributed by atoms with E-state index in [4.69, 9.17) is 0 Å². The third-order valence-corrected chi connectivity index (χ3v) is 2.80. The van der Waals surface area contributed by atoms with Gasteiger partial charge < -0.3 is 15.7 Å². The fourth-order valence-electron chi connectivity index (χ4n) is 1.25. The molecule has 0 aromatic rings. The van der Waals surface area contributed by atoms with Gasteiger partial charge in [0.2, 0.25) is 11.8 Å². The van der Waals surface area contributed by atoms with Gasteiger partial charge in [-0.25, -0.2) is 0 Å². The van der Waals surface area contributed by atoms with Crippen molar-refractivity contribution < 1.29 is 14.7 Å². The maximum Gasteiger partial charge on any atom is 0.243 e. The van der Waals surface area contributed by atoms with Crippen LogP contribution in [-0.4, -0.2) is 34.6 Å². The van der Waals surface area contributed by atoms with Crippen molar-refractivity contribution in [1.29, 1.82) is 0 Å². The number of hydrogen-bond donors (Lipinski definition) is 3. The van der Waals surface area contributed by atoms with Gasteiger partial charge in [-0.05, 0) is 26.7 Å². The molecule has 17 heavy (non-hydrogen) atoms. The van der Waals surface area contributed by atoms with Crippen LogP contribution in [0.25, 0.3) is 0 Å². The van der Waals surface area contributed by atoms with E-state index in [9.17, 15) is 14.7 Å². The Morgan fingerprint density at radius 3 is 1.94 bits per heavy atom. The Bertz CT molecular complexity index is 285. The molecular weight excluding hydrogens is 220 g/mol. The van der Waals surface area contributed by atoms with Crippen LogP contribution in [0.5, 0.6) is 0 Å². The summed E-state index contributed by atoms with van der Waals surface area (Å²) < 4.78 is 0. The molecular formula is C12H24N2O3. The fourth-order valence-corrected chi connectivity index (χ4v) is 1.25. The van der Waals surface area contributed by atoms with Gasteiger partial charge in [-0.15, -0.1) is 0 Å². The van der Waals surface area contributed by atoms with Crippen LogP contribution in [0, 0.1) is 5.92 Å². The number of amides is 2. The molecule has 0 aliphatic rings. The third-order valence-electron chi connectivity index (χ3n) is 2.80.